The molecule has 0 unspecified atom stereocenters. The zero-order chi connectivity index (χ0) is 12.3. The minimum atomic E-state index is -1.04. The minimum Gasteiger partial charge on any atom is -0.478 e. The largest absolute Gasteiger partial charge is 0.478 e. The van der Waals surface area contributed by atoms with Gasteiger partial charge in [0, 0.05) is 11.1 Å². The maximum atomic E-state index is 11.7. The fraction of sp³-hybridized carbons (Fsp3) is 0.333. The van der Waals surface area contributed by atoms with Gasteiger partial charge in [0.15, 0.2) is 0 Å². The van der Waals surface area contributed by atoms with Crippen molar-refractivity contribution in [3.63, 3.8) is 0 Å². The van der Waals surface area contributed by atoms with Crippen LogP contribution in [-0.2, 0) is 0 Å². The van der Waals surface area contributed by atoms with Crippen LogP contribution in [-0.4, -0.2) is 22.5 Å². The van der Waals surface area contributed by atoms with Crippen LogP contribution in [0.1, 0.15) is 41.5 Å². The van der Waals surface area contributed by atoms with Crippen LogP contribution < -0.4 is 5.32 Å². The number of nitrogens with one attached hydrogen (secondary N) is 1. The Labute approximate surface area is 94.3 Å². The van der Waals surface area contributed by atoms with Gasteiger partial charge in [-0.15, -0.1) is 0 Å². The highest BCUT2D eigenvalue weighted by atomic mass is 16.4. The number of hydrogen-bond donors (Lipinski definition) is 2. The van der Waals surface area contributed by atoms with Crippen LogP contribution in [0.2, 0.25) is 0 Å². The van der Waals surface area contributed by atoms with Crippen molar-refractivity contribution in [1.29, 1.82) is 0 Å². The molecule has 0 heterocycles. The summed E-state index contributed by atoms with van der Waals surface area (Å²) in [6.07, 6.45) is 0. The van der Waals surface area contributed by atoms with Crippen molar-refractivity contribution in [2.45, 2.75) is 26.3 Å². The molecule has 0 aliphatic heterocycles. The van der Waals surface area contributed by atoms with Crippen molar-refractivity contribution in [2.24, 2.45) is 0 Å². The first-order valence-electron chi connectivity index (χ1n) is 4.95. The number of carbonyl (C=O) groups is 2. The number of hydrogen-bond acceptors (Lipinski definition) is 2. The molecule has 0 aliphatic carbocycles. The Balaban J connectivity index is 2.92. The molecular weight excluding hydrogens is 206 g/mol. The molecular formula is C12H15NO3. The van der Waals surface area contributed by atoms with E-state index in [-0.39, 0.29) is 17.0 Å². The van der Waals surface area contributed by atoms with Gasteiger partial charge in [0.1, 0.15) is 0 Å². The molecule has 0 aromatic heterocycles. The van der Waals surface area contributed by atoms with Gasteiger partial charge in [-0.05, 0) is 39.0 Å². The van der Waals surface area contributed by atoms with Crippen LogP contribution in [0.5, 0.6) is 0 Å². The summed E-state index contributed by atoms with van der Waals surface area (Å²) >= 11 is 0. The first-order valence-corrected chi connectivity index (χ1v) is 4.95. The molecule has 0 spiro atoms. The highest BCUT2D eigenvalue weighted by Crippen LogP contribution is 2.07. The zero-order valence-corrected chi connectivity index (χ0v) is 9.57. The average molecular weight is 221 g/mol. The van der Waals surface area contributed by atoms with E-state index in [1.165, 1.54) is 12.1 Å². The fourth-order valence-corrected chi connectivity index (χ4v) is 1.21. The molecule has 1 rings (SSSR count). The normalized spacial score (nSPS) is 10.9. The number of rotatable bonds is 2. The van der Waals surface area contributed by atoms with E-state index in [9.17, 15) is 9.59 Å². The van der Waals surface area contributed by atoms with Crippen molar-refractivity contribution >= 4 is 11.9 Å². The molecule has 0 radical (unpaired) electrons. The van der Waals surface area contributed by atoms with E-state index >= 15 is 0 Å². The molecule has 86 valence electrons. The second kappa shape index (κ2) is 4.35. The summed E-state index contributed by atoms with van der Waals surface area (Å²) in [4.78, 5) is 22.5. The lowest BCUT2D eigenvalue weighted by atomic mass is 10.1. The maximum Gasteiger partial charge on any atom is 0.335 e. The van der Waals surface area contributed by atoms with Gasteiger partial charge in [0.25, 0.3) is 5.91 Å². The van der Waals surface area contributed by atoms with Crippen molar-refractivity contribution in [3.8, 4) is 0 Å². The lowest BCUT2D eigenvalue weighted by Crippen LogP contribution is -2.40. The van der Waals surface area contributed by atoms with E-state index in [0.717, 1.165) is 0 Å². The monoisotopic (exact) mass is 221 g/mol. The number of carboxylic acids is 1. The van der Waals surface area contributed by atoms with Gasteiger partial charge < -0.3 is 10.4 Å². The lowest BCUT2D eigenvalue weighted by Gasteiger charge is -2.20. The number of benzene rings is 1. The van der Waals surface area contributed by atoms with E-state index in [0.29, 0.717) is 5.56 Å². The van der Waals surface area contributed by atoms with Crippen molar-refractivity contribution in [1.82, 2.24) is 5.32 Å². The van der Waals surface area contributed by atoms with Crippen LogP contribution in [0, 0.1) is 0 Å². The van der Waals surface area contributed by atoms with Crippen molar-refractivity contribution in [3.05, 3.63) is 35.4 Å². The zero-order valence-electron chi connectivity index (χ0n) is 9.57. The van der Waals surface area contributed by atoms with Crippen LogP contribution >= 0.6 is 0 Å². The Morgan fingerprint density at radius 2 is 1.75 bits per heavy atom. The molecule has 0 fully saturated rings. The molecule has 2 N–H and O–H groups in total. The van der Waals surface area contributed by atoms with E-state index in [2.05, 4.69) is 5.32 Å². The van der Waals surface area contributed by atoms with Crippen LogP contribution in [0.4, 0.5) is 0 Å². The smallest absolute Gasteiger partial charge is 0.335 e. The van der Waals surface area contributed by atoms with E-state index in [4.69, 9.17) is 5.11 Å². The summed E-state index contributed by atoms with van der Waals surface area (Å²) in [7, 11) is 0. The highest BCUT2D eigenvalue weighted by Gasteiger charge is 2.16. The Bertz CT molecular complexity index is 419. The summed E-state index contributed by atoms with van der Waals surface area (Å²) in [6.45, 7) is 5.60. The first-order chi connectivity index (χ1) is 7.29. The highest BCUT2D eigenvalue weighted by molar-refractivity contribution is 5.97. The maximum absolute atomic E-state index is 11.7. The number of carbonyl (C=O) groups excluding carboxylic acids is 1. The van der Waals surface area contributed by atoms with Gasteiger partial charge in [-0.1, -0.05) is 6.07 Å². The summed E-state index contributed by atoms with van der Waals surface area (Å²) in [5.41, 5.74) is 0.132. The Hall–Kier alpha value is -1.84. The molecule has 4 heteroatoms. The van der Waals surface area contributed by atoms with Gasteiger partial charge in [0.05, 0.1) is 5.56 Å². The topological polar surface area (TPSA) is 66.4 Å². The summed E-state index contributed by atoms with van der Waals surface area (Å²) in [5, 5.41) is 11.6. The molecule has 0 aliphatic rings. The Kier molecular flexibility index (Phi) is 3.32. The van der Waals surface area contributed by atoms with Gasteiger partial charge in [0.2, 0.25) is 0 Å². The van der Waals surface area contributed by atoms with Gasteiger partial charge in [-0.3, -0.25) is 4.79 Å². The molecule has 4 nitrogen and oxygen atoms in total. The number of carboxylic acid groups (broad SMARTS) is 1. The molecule has 0 saturated carbocycles. The quantitative estimate of drug-likeness (QED) is 0.801. The summed E-state index contributed by atoms with van der Waals surface area (Å²) in [5.74, 6) is -1.30. The predicted molar refractivity (Wildman–Crippen MR) is 60.6 cm³/mol. The molecule has 1 aromatic rings. The average Bonchev–Trinajstić information content (AvgIpc) is 2.15. The van der Waals surface area contributed by atoms with E-state index in [1.54, 1.807) is 12.1 Å². The molecule has 0 saturated heterocycles. The SMILES string of the molecule is CC(C)(C)NC(=O)c1cccc(C(=O)O)c1. The molecule has 1 aromatic carbocycles. The van der Waals surface area contributed by atoms with E-state index in [1.807, 2.05) is 20.8 Å². The lowest BCUT2D eigenvalue weighted by molar-refractivity contribution is 0.0697. The molecule has 1 amide bonds. The third-order valence-corrected chi connectivity index (χ3v) is 1.86. The van der Waals surface area contributed by atoms with Crippen LogP contribution in [0.25, 0.3) is 0 Å². The summed E-state index contributed by atoms with van der Waals surface area (Å²) in [6, 6.07) is 5.97. The molecule has 16 heavy (non-hydrogen) atoms. The fourth-order valence-electron chi connectivity index (χ4n) is 1.21. The Morgan fingerprint density at radius 3 is 2.25 bits per heavy atom. The molecule has 0 atom stereocenters. The molecule has 0 bridgehead atoms. The van der Waals surface area contributed by atoms with Gasteiger partial charge in [-0.2, -0.15) is 0 Å². The first kappa shape index (κ1) is 12.2. The third-order valence-electron chi connectivity index (χ3n) is 1.86. The second-order valence-corrected chi connectivity index (χ2v) is 4.59. The van der Waals surface area contributed by atoms with Crippen LogP contribution in [0.15, 0.2) is 24.3 Å². The Morgan fingerprint density at radius 1 is 1.19 bits per heavy atom. The van der Waals surface area contributed by atoms with Crippen molar-refractivity contribution < 1.29 is 14.7 Å². The van der Waals surface area contributed by atoms with Gasteiger partial charge >= 0.3 is 5.97 Å². The minimum absolute atomic E-state index is 0.113. The number of aromatic carboxylic acids is 1. The third kappa shape index (κ3) is 3.38. The van der Waals surface area contributed by atoms with Crippen LogP contribution in [0.3, 0.4) is 0 Å². The number of amides is 1. The summed E-state index contributed by atoms with van der Waals surface area (Å²) < 4.78 is 0. The van der Waals surface area contributed by atoms with Crippen molar-refractivity contribution in [2.75, 3.05) is 0 Å². The predicted octanol–water partition coefficient (Wildman–Crippen LogP) is 1.91. The second-order valence-electron chi connectivity index (χ2n) is 4.59. The standard InChI is InChI=1S/C12H15NO3/c1-12(2,3)13-10(14)8-5-4-6-9(7-8)11(15)16/h4-7H,1-3H3,(H,13,14)(H,15,16). The van der Waals surface area contributed by atoms with E-state index < -0.39 is 5.97 Å². The van der Waals surface area contributed by atoms with Gasteiger partial charge in [-0.25, -0.2) is 4.79 Å².